The molecular weight excluding hydrogens is 333 g/mol. The first kappa shape index (κ1) is 20.4. The summed E-state index contributed by atoms with van der Waals surface area (Å²) in [6.45, 7) is 2.68. The summed E-state index contributed by atoms with van der Waals surface area (Å²) in [6.07, 6.45) is -0.588. The Hall–Kier alpha value is -1.69. The molecule has 0 aliphatic heterocycles. The van der Waals surface area contributed by atoms with Crippen molar-refractivity contribution in [2.75, 3.05) is 25.9 Å². The van der Waals surface area contributed by atoms with E-state index in [-0.39, 0.29) is 25.5 Å². The summed E-state index contributed by atoms with van der Waals surface area (Å²) in [4.78, 5) is 22.7. The molecule has 0 spiro atoms. The summed E-state index contributed by atoms with van der Waals surface area (Å²) < 4.78 is 22.6. The first-order valence-electron chi connectivity index (χ1n) is 7.83. The predicted octanol–water partition coefficient (Wildman–Crippen LogP) is 1.72. The molecule has 0 aromatic heterocycles. The first-order valence-corrected chi connectivity index (χ1v) is 9.36. The Morgan fingerprint density at radius 1 is 1.29 bits per heavy atom. The Kier molecular flexibility index (Phi) is 10.00. The molecule has 0 aliphatic rings. The number of hydrogen-bond donors (Lipinski definition) is 2. The second-order valence-electron chi connectivity index (χ2n) is 5.05. The van der Waals surface area contributed by atoms with Crippen molar-refractivity contribution in [1.29, 1.82) is 0 Å². The Labute approximate surface area is 142 Å². The van der Waals surface area contributed by atoms with Crippen LogP contribution >= 0.6 is 8.03 Å². The lowest BCUT2D eigenvalue weighted by molar-refractivity contribution is -0.137. The van der Waals surface area contributed by atoms with E-state index in [1.54, 1.807) is 0 Å². The Balaban J connectivity index is 2.62. The van der Waals surface area contributed by atoms with Gasteiger partial charge in [0, 0.05) is 25.7 Å². The van der Waals surface area contributed by atoms with Crippen LogP contribution in [0.5, 0.6) is 0 Å². The highest BCUT2D eigenvalue weighted by Crippen LogP contribution is 2.25. The molecule has 0 bridgehead atoms. The van der Waals surface area contributed by atoms with Crippen molar-refractivity contribution in [2.45, 2.75) is 25.9 Å². The normalized spacial score (nSPS) is 13.2. The first-order chi connectivity index (χ1) is 11.5. The van der Waals surface area contributed by atoms with Gasteiger partial charge in [0.2, 0.25) is 5.91 Å². The number of hydrogen-bond acceptors (Lipinski definition) is 5. The molecule has 0 saturated carbocycles. The maximum absolute atomic E-state index is 12.2. The van der Waals surface area contributed by atoms with Gasteiger partial charge in [-0.05, 0) is 12.5 Å². The van der Waals surface area contributed by atoms with E-state index in [1.165, 1.54) is 0 Å². The van der Waals surface area contributed by atoms with E-state index in [0.717, 1.165) is 5.56 Å². The smallest absolute Gasteiger partial charge is 0.305 e. The molecule has 1 rings (SSSR count). The lowest BCUT2D eigenvalue weighted by Gasteiger charge is -2.17. The van der Waals surface area contributed by atoms with E-state index in [4.69, 9.17) is 14.4 Å². The molecule has 1 aromatic carbocycles. The van der Waals surface area contributed by atoms with Gasteiger partial charge in [-0.1, -0.05) is 30.3 Å². The van der Waals surface area contributed by atoms with Crippen molar-refractivity contribution in [1.82, 2.24) is 5.32 Å². The van der Waals surface area contributed by atoms with Gasteiger partial charge in [-0.2, -0.15) is 0 Å². The van der Waals surface area contributed by atoms with Crippen LogP contribution in [0.15, 0.2) is 30.3 Å². The van der Waals surface area contributed by atoms with Crippen LogP contribution in [0.1, 0.15) is 18.9 Å². The van der Waals surface area contributed by atoms with Crippen molar-refractivity contribution in [2.24, 2.45) is 0 Å². The average molecular weight is 357 g/mol. The summed E-state index contributed by atoms with van der Waals surface area (Å²) in [6, 6.07) is 9.23. The molecule has 134 valence electrons. The van der Waals surface area contributed by atoms with Crippen LogP contribution in [0, 0.1) is 0 Å². The number of carboxylic acids is 1. The largest absolute Gasteiger partial charge is 0.481 e. The number of carboxylic acid groups (broad SMARTS) is 1. The number of benzene rings is 1. The number of carbonyl (C=O) groups is 2. The van der Waals surface area contributed by atoms with Gasteiger partial charge in [-0.15, -0.1) is 0 Å². The highest BCUT2D eigenvalue weighted by atomic mass is 31.1. The molecule has 0 aliphatic carbocycles. The maximum atomic E-state index is 12.2. The third-order valence-corrected chi connectivity index (χ3v) is 4.28. The Morgan fingerprint density at radius 2 is 2.00 bits per heavy atom. The van der Waals surface area contributed by atoms with Gasteiger partial charge in [-0.3, -0.25) is 14.2 Å². The minimum atomic E-state index is -2.42. The Morgan fingerprint density at radius 3 is 2.62 bits per heavy atom. The molecule has 2 atom stereocenters. The fraction of sp³-hybridized carbons (Fsp3) is 0.500. The summed E-state index contributed by atoms with van der Waals surface area (Å²) in [5.74, 6) is -1.46. The highest BCUT2D eigenvalue weighted by molar-refractivity contribution is 7.39. The predicted molar refractivity (Wildman–Crippen MR) is 90.6 cm³/mol. The third-order valence-electron chi connectivity index (χ3n) is 3.12. The number of amides is 1. The van der Waals surface area contributed by atoms with E-state index >= 15 is 0 Å². The minimum Gasteiger partial charge on any atom is -0.481 e. The fourth-order valence-electron chi connectivity index (χ4n) is 1.94. The molecule has 1 amide bonds. The van der Waals surface area contributed by atoms with Crippen molar-refractivity contribution in [3.63, 3.8) is 0 Å². The van der Waals surface area contributed by atoms with Crippen molar-refractivity contribution in [3.05, 3.63) is 35.9 Å². The molecule has 0 saturated heterocycles. The number of rotatable bonds is 12. The molecule has 1 unspecified atom stereocenters. The van der Waals surface area contributed by atoms with E-state index in [9.17, 15) is 14.2 Å². The highest BCUT2D eigenvalue weighted by Gasteiger charge is 2.22. The topological polar surface area (TPSA) is 102 Å². The van der Waals surface area contributed by atoms with Gasteiger partial charge in [0.1, 0.15) is 6.10 Å². The quantitative estimate of drug-likeness (QED) is 0.436. The number of ether oxygens (including phenoxy) is 1. The molecular formula is C16H24NO6P. The van der Waals surface area contributed by atoms with Crippen LogP contribution < -0.4 is 5.32 Å². The number of nitrogens with one attached hydrogen (secondary N) is 1. The molecule has 24 heavy (non-hydrogen) atoms. The molecule has 0 radical (unpaired) electrons. The monoisotopic (exact) mass is 357 g/mol. The summed E-state index contributed by atoms with van der Waals surface area (Å²) in [7, 11) is -2.42. The summed E-state index contributed by atoms with van der Waals surface area (Å²) in [5.41, 5.74) is 0.871. The van der Waals surface area contributed by atoms with Gasteiger partial charge < -0.3 is 19.7 Å². The Bertz CT molecular complexity index is 537. The van der Waals surface area contributed by atoms with Crippen LogP contribution in [0.3, 0.4) is 0 Å². The summed E-state index contributed by atoms with van der Waals surface area (Å²) >= 11 is 0. The summed E-state index contributed by atoms with van der Waals surface area (Å²) in [5, 5.41) is 11.1. The molecule has 7 nitrogen and oxygen atoms in total. The zero-order valence-corrected chi connectivity index (χ0v) is 14.7. The van der Waals surface area contributed by atoms with Gasteiger partial charge in [-0.25, -0.2) is 0 Å². The average Bonchev–Trinajstić information content (AvgIpc) is 2.55. The van der Waals surface area contributed by atoms with Gasteiger partial charge in [0.05, 0.1) is 13.0 Å². The molecule has 8 heteroatoms. The molecule has 0 fully saturated rings. The molecule has 2 N–H and O–H groups in total. The molecule has 0 heterocycles. The fourth-order valence-corrected chi connectivity index (χ4v) is 2.88. The lowest BCUT2D eigenvalue weighted by Crippen LogP contribution is -2.38. The zero-order chi connectivity index (χ0) is 17.8. The van der Waals surface area contributed by atoms with Crippen molar-refractivity contribution in [3.8, 4) is 0 Å². The van der Waals surface area contributed by atoms with E-state index in [2.05, 4.69) is 5.32 Å². The van der Waals surface area contributed by atoms with Gasteiger partial charge in [0.25, 0.3) is 0 Å². The maximum Gasteiger partial charge on any atom is 0.305 e. The van der Waals surface area contributed by atoms with E-state index in [1.807, 2.05) is 37.3 Å². The third kappa shape index (κ3) is 8.82. The second-order valence-corrected chi connectivity index (χ2v) is 6.53. The lowest BCUT2D eigenvalue weighted by atomic mass is 10.1. The minimum absolute atomic E-state index is 0.00267. The van der Waals surface area contributed by atoms with Gasteiger partial charge >= 0.3 is 5.97 Å². The van der Waals surface area contributed by atoms with E-state index < -0.39 is 26.0 Å². The SMILES string of the molecule is CCOCC[PH](=O)O[C@@H](Cc1ccccc1)C(=O)NCCC(=O)O. The zero-order valence-electron chi connectivity index (χ0n) is 13.7. The standard InChI is InChI=1S/C16H24NO6P/c1-2-22-10-11-24(21)23-14(12-13-6-4-3-5-7-13)16(20)17-9-8-15(18)19/h3-7,14,24H,2,8-12H2,1H3,(H,17,20)(H,18,19)/t14-/m0/s1. The van der Waals surface area contributed by atoms with Crippen molar-refractivity contribution < 1.29 is 28.5 Å². The van der Waals surface area contributed by atoms with Crippen LogP contribution in [-0.4, -0.2) is 49.0 Å². The van der Waals surface area contributed by atoms with Gasteiger partial charge in [0.15, 0.2) is 8.03 Å². The van der Waals surface area contributed by atoms with E-state index in [0.29, 0.717) is 13.2 Å². The second kappa shape index (κ2) is 11.8. The van der Waals surface area contributed by atoms with Crippen molar-refractivity contribution >= 4 is 19.9 Å². The van der Waals surface area contributed by atoms with Crippen LogP contribution in [-0.2, 0) is 29.8 Å². The molecule has 1 aromatic rings. The number of carbonyl (C=O) groups excluding carboxylic acids is 1. The number of aliphatic carboxylic acids is 1. The van der Waals surface area contributed by atoms with Crippen LogP contribution in [0.4, 0.5) is 0 Å². The van der Waals surface area contributed by atoms with Crippen LogP contribution in [0.2, 0.25) is 0 Å². The van der Waals surface area contributed by atoms with Crippen LogP contribution in [0.25, 0.3) is 0 Å².